The van der Waals surface area contributed by atoms with Crippen LogP contribution in [-0.2, 0) is 16.1 Å². The highest BCUT2D eigenvalue weighted by atomic mass is 35.5. The average Bonchev–Trinajstić information content (AvgIpc) is 2.92. The molecule has 2 amide bonds. The molecule has 2 aromatic carbocycles. The number of hydrogen-bond acceptors (Lipinski definition) is 2. The second-order valence-corrected chi connectivity index (χ2v) is 5.99. The fourth-order valence-electron chi connectivity index (χ4n) is 2.74. The van der Waals surface area contributed by atoms with Crippen molar-refractivity contribution in [2.45, 2.75) is 25.4 Å². The summed E-state index contributed by atoms with van der Waals surface area (Å²) < 4.78 is 0. The van der Waals surface area contributed by atoms with Crippen LogP contribution in [0.4, 0.5) is 5.69 Å². The van der Waals surface area contributed by atoms with Crippen molar-refractivity contribution in [3.63, 3.8) is 0 Å². The summed E-state index contributed by atoms with van der Waals surface area (Å²) in [5.41, 5.74) is 1.70. The summed E-state index contributed by atoms with van der Waals surface area (Å²) in [6.07, 6.45) is 0.955. The van der Waals surface area contributed by atoms with Crippen LogP contribution in [0.5, 0.6) is 0 Å². The van der Waals surface area contributed by atoms with Gasteiger partial charge in [0, 0.05) is 23.7 Å². The molecule has 1 fully saturated rings. The maximum Gasteiger partial charge on any atom is 0.247 e. The van der Waals surface area contributed by atoms with Crippen molar-refractivity contribution in [1.82, 2.24) is 4.90 Å². The molecule has 118 valence electrons. The van der Waals surface area contributed by atoms with E-state index in [9.17, 15) is 9.59 Å². The minimum absolute atomic E-state index is 0.0186. The Kier molecular flexibility index (Phi) is 4.63. The van der Waals surface area contributed by atoms with Gasteiger partial charge in [-0.1, -0.05) is 41.9 Å². The molecule has 1 aliphatic heterocycles. The summed E-state index contributed by atoms with van der Waals surface area (Å²) >= 11 is 5.84. The number of carbonyl (C=O) groups is 2. The molecule has 0 saturated carbocycles. The summed E-state index contributed by atoms with van der Waals surface area (Å²) in [7, 11) is 0. The van der Waals surface area contributed by atoms with Gasteiger partial charge in [-0.3, -0.25) is 9.59 Å². The molecule has 1 unspecified atom stereocenters. The van der Waals surface area contributed by atoms with Gasteiger partial charge in [-0.15, -0.1) is 0 Å². The number of amides is 2. The van der Waals surface area contributed by atoms with E-state index in [1.165, 1.54) is 0 Å². The molecule has 3 rings (SSSR count). The number of nitrogens with one attached hydrogen (secondary N) is 1. The van der Waals surface area contributed by atoms with Crippen LogP contribution in [0, 0.1) is 0 Å². The van der Waals surface area contributed by atoms with E-state index in [2.05, 4.69) is 5.32 Å². The van der Waals surface area contributed by atoms with Crippen LogP contribution in [-0.4, -0.2) is 22.8 Å². The lowest BCUT2D eigenvalue weighted by Gasteiger charge is -2.24. The van der Waals surface area contributed by atoms with Crippen molar-refractivity contribution in [2.75, 3.05) is 5.32 Å². The molecule has 0 radical (unpaired) electrons. The first-order chi connectivity index (χ1) is 11.1. The zero-order valence-corrected chi connectivity index (χ0v) is 13.3. The lowest BCUT2D eigenvalue weighted by molar-refractivity contribution is -0.133. The molecule has 5 heteroatoms. The van der Waals surface area contributed by atoms with Gasteiger partial charge in [-0.2, -0.15) is 0 Å². The molecular weight excluding hydrogens is 312 g/mol. The van der Waals surface area contributed by atoms with E-state index >= 15 is 0 Å². The standard InChI is InChI=1S/C18H17ClN2O2/c19-14-6-8-15(9-7-14)20-18(23)16-10-11-17(22)21(16)12-13-4-2-1-3-5-13/h1-9,16H,10-12H2,(H,20,23). The van der Waals surface area contributed by atoms with Gasteiger partial charge in [0.1, 0.15) is 6.04 Å². The van der Waals surface area contributed by atoms with Gasteiger partial charge in [0.05, 0.1) is 0 Å². The third-order valence-electron chi connectivity index (χ3n) is 3.94. The van der Waals surface area contributed by atoms with Crippen molar-refractivity contribution in [3.8, 4) is 0 Å². The zero-order valence-electron chi connectivity index (χ0n) is 12.5. The minimum Gasteiger partial charge on any atom is -0.326 e. The topological polar surface area (TPSA) is 49.4 Å². The number of halogens is 1. The molecule has 23 heavy (non-hydrogen) atoms. The van der Waals surface area contributed by atoms with Crippen LogP contribution in [0.1, 0.15) is 18.4 Å². The molecule has 0 bridgehead atoms. The van der Waals surface area contributed by atoms with Crippen LogP contribution >= 0.6 is 11.6 Å². The number of nitrogens with zero attached hydrogens (tertiary/aromatic N) is 1. The molecule has 0 spiro atoms. The van der Waals surface area contributed by atoms with Crippen LogP contribution in [0.25, 0.3) is 0 Å². The summed E-state index contributed by atoms with van der Waals surface area (Å²) in [5, 5.41) is 3.47. The van der Waals surface area contributed by atoms with E-state index in [-0.39, 0.29) is 11.8 Å². The highest BCUT2D eigenvalue weighted by Gasteiger charge is 2.35. The molecule has 4 nitrogen and oxygen atoms in total. The molecule has 0 aliphatic carbocycles. The summed E-state index contributed by atoms with van der Waals surface area (Å²) in [6, 6.07) is 16.2. The Labute approximate surface area is 140 Å². The number of rotatable bonds is 4. The van der Waals surface area contributed by atoms with Crippen molar-refractivity contribution in [3.05, 3.63) is 65.2 Å². The number of benzene rings is 2. The first-order valence-corrected chi connectivity index (χ1v) is 7.91. The highest BCUT2D eigenvalue weighted by Crippen LogP contribution is 2.23. The van der Waals surface area contributed by atoms with E-state index < -0.39 is 6.04 Å². The Morgan fingerprint density at radius 1 is 1.13 bits per heavy atom. The van der Waals surface area contributed by atoms with E-state index in [1.807, 2.05) is 30.3 Å². The Morgan fingerprint density at radius 2 is 1.83 bits per heavy atom. The maximum absolute atomic E-state index is 12.5. The average molecular weight is 329 g/mol. The smallest absolute Gasteiger partial charge is 0.247 e. The Hall–Kier alpha value is -2.33. The zero-order chi connectivity index (χ0) is 16.2. The largest absolute Gasteiger partial charge is 0.326 e. The van der Waals surface area contributed by atoms with Crippen molar-refractivity contribution in [1.29, 1.82) is 0 Å². The number of likely N-dealkylation sites (tertiary alicyclic amines) is 1. The summed E-state index contributed by atoms with van der Waals surface area (Å²) in [6.45, 7) is 0.457. The summed E-state index contributed by atoms with van der Waals surface area (Å²) in [4.78, 5) is 26.3. The normalized spacial score (nSPS) is 17.3. The third kappa shape index (κ3) is 3.71. The molecule has 1 saturated heterocycles. The molecule has 2 aromatic rings. The fraction of sp³-hybridized carbons (Fsp3) is 0.222. The van der Waals surface area contributed by atoms with Gasteiger partial charge in [-0.05, 0) is 36.2 Å². The molecule has 1 N–H and O–H groups in total. The lowest BCUT2D eigenvalue weighted by Crippen LogP contribution is -2.41. The minimum atomic E-state index is -0.432. The van der Waals surface area contributed by atoms with E-state index in [0.717, 1.165) is 5.56 Å². The molecule has 1 atom stereocenters. The van der Waals surface area contributed by atoms with Gasteiger partial charge in [0.15, 0.2) is 0 Å². The second kappa shape index (κ2) is 6.84. The number of anilines is 1. The van der Waals surface area contributed by atoms with Crippen molar-refractivity contribution < 1.29 is 9.59 Å². The maximum atomic E-state index is 12.5. The monoisotopic (exact) mass is 328 g/mol. The van der Waals surface area contributed by atoms with Crippen LogP contribution < -0.4 is 5.32 Å². The van der Waals surface area contributed by atoms with Gasteiger partial charge in [0.2, 0.25) is 11.8 Å². The van der Waals surface area contributed by atoms with Crippen molar-refractivity contribution >= 4 is 29.1 Å². The molecule has 1 aliphatic rings. The first-order valence-electron chi connectivity index (χ1n) is 7.53. The first kappa shape index (κ1) is 15.6. The third-order valence-corrected chi connectivity index (χ3v) is 4.19. The van der Waals surface area contributed by atoms with Crippen molar-refractivity contribution in [2.24, 2.45) is 0 Å². The van der Waals surface area contributed by atoms with Gasteiger partial charge in [-0.25, -0.2) is 0 Å². The molecule has 0 aromatic heterocycles. The number of hydrogen-bond donors (Lipinski definition) is 1. The highest BCUT2D eigenvalue weighted by molar-refractivity contribution is 6.30. The van der Waals surface area contributed by atoms with Gasteiger partial charge in [0.25, 0.3) is 0 Å². The molecular formula is C18H17ClN2O2. The lowest BCUT2D eigenvalue weighted by atomic mass is 10.1. The predicted molar refractivity (Wildman–Crippen MR) is 90.1 cm³/mol. The van der Waals surface area contributed by atoms with Crippen LogP contribution in [0.3, 0.4) is 0 Å². The van der Waals surface area contributed by atoms with Gasteiger partial charge >= 0.3 is 0 Å². The SMILES string of the molecule is O=C(Nc1ccc(Cl)cc1)C1CCC(=O)N1Cc1ccccc1. The Balaban J connectivity index is 1.71. The fourth-order valence-corrected chi connectivity index (χ4v) is 2.87. The van der Waals surface area contributed by atoms with E-state index in [4.69, 9.17) is 11.6 Å². The van der Waals surface area contributed by atoms with Crippen LogP contribution in [0.2, 0.25) is 5.02 Å². The second-order valence-electron chi connectivity index (χ2n) is 5.56. The Bertz CT molecular complexity index is 701. The molecule has 1 heterocycles. The van der Waals surface area contributed by atoms with Crippen LogP contribution in [0.15, 0.2) is 54.6 Å². The predicted octanol–water partition coefficient (Wildman–Crippen LogP) is 3.47. The Morgan fingerprint density at radius 3 is 2.52 bits per heavy atom. The summed E-state index contributed by atoms with van der Waals surface area (Å²) in [5.74, 6) is -0.140. The number of carbonyl (C=O) groups excluding carboxylic acids is 2. The van der Waals surface area contributed by atoms with Gasteiger partial charge < -0.3 is 10.2 Å². The van der Waals surface area contributed by atoms with E-state index in [0.29, 0.717) is 30.1 Å². The van der Waals surface area contributed by atoms with E-state index in [1.54, 1.807) is 29.2 Å². The quantitative estimate of drug-likeness (QED) is 0.934.